The number of nitrogens with two attached hydrogens (primary N) is 1. The van der Waals surface area contributed by atoms with Gasteiger partial charge in [0.25, 0.3) is 0 Å². The van der Waals surface area contributed by atoms with E-state index >= 15 is 0 Å². The Bertz CT molecular complexity index is 409. The molecule has 0 saturated heterocycles. The van der Waals surface area contributed by atoms with E-state index in [9.17, 15) is 4.79 Å². The third kappa shape index (κ3) is 4.66. The maximum Gasteiger partial charge on any atom is 0.225 e. The quantitative estimate of drug-likeness (QED) is 0.893. The minimum Gasteiger partial charge on any atom is -0.327 e. The normalized spacial score (nSPS) is 12.6. The number of hydrogen-bond acceptors (Lipinski definition) is 2. The van der Waals surface area contributed by atoms with E-state index in [1.54, 1.807) is 18.2 Å². The van der Waals surface area contributed by atoms with Crippen molar-refractivity contribution in [3.05, 3.63) is 27.7 Å². The second kappa shape index (κ2) is 6.38. The fraction of sp³-hybridized carbons (Fsp3) is 0.417. The molecule has 1 rings (SSSR count). The van der Waals surface area contributed by atoms with Crippen LogP contribution in [0.4, 0.5) is 5.69 Å². The highest BCUT2D eigenvalue weighted by Gasteiger charge is 2.14. The van der Waals surface area contributed by atoms with Gasteiger partial charge in [-0.1, -0.05) is 25.4 Å². The van der Waals surface area contributed by atoms with Crippen LogP contribution in [0.5, 0.6) is 0 Å². The van der Waals surface area contributed by atoms with Crippen molar-refractivity contribution in [3.8, 4) is 0 Å². The lowest BCUT2D eigenvalue weighted by atomic mass is 10.0. The van der Waals surface area contributed by atoms with Crippen molar-refractivity contribution >= 4 is 39.1 Å². The molecule has 0 saturated carbocycles. The van der Waals surface area contributed by atoms with Crippen molar-refractivity contribution in [3.63, 3.8) is 0 Å². The molecule has 1 aromatic carbocycles. The molecule has 3 nitrogen and oxygen atoms in total. The van der Waals surface area contributed by atoms with Crippen molar-refractivity contribution in [2.75, 3.05) is 5.32 Å². The van der Waals surface area contributed by atoms with E-state index in [1.807, 2.05) is 13.8 Å². The maximum absolute atomic E-state index is 11.7. The van der Waals surface area contributed by atoms with Gasteiger partial charge in [-0.15, -0.1) is 0 Å². The Hall–Kier alpha value is -0.580. The SMILES string of the molecule is CC(C)C(N)CC(=O)Nc1cc(Cl)ccc1Br. The number of carbonyl (C=O) groups is 1. The molecule has 0 aliphatic carbocycles. The van der Waals surface area contributed by atoms with E-state index in [0.717, 1.165) is 4.47 Å². The van der Waals surface area contributed by atoms with Crippen molar-refractivity contribution in [1.82, 2.24) is 0 Å². The summed E-state index contributed by atoms with van der Waals surface area (Å²) in [4.78, 5) is 11.7. The Morgan fingerprint density at radius 2 is 2.18 bits per heavy atom. The van der Waals surface area contributed by atoms with Gasteiger partial charge in [-0.05, 0) is 40.0 Å². The zero-order chi connectivity index (χ0) is 13.0. The van der Waals surface area contributed by atoms with Gasteiger partial charge in [-0.2, -0.15) is 0 Å². The molecule has 0 spiro atoms. The smallest absolute Gasteiger partial charge is 0.225 e. The molecule has 1 unspecified atom stereocenters. The van der Waals surface area contributed by atoms with Crippen molar-refractivity contribution in [2.45, 2.75) is 26.3 Å². The number of anilines is 1. The number of carbonyl (C=O) groups excluding carboxylic acids is 1. The molecule has 0 aromatic heterocycles. The fourth-order valence-electron chi connectivity index (χ4n) is 1.24. The highest BCUT2D eigenvalue weighted by Crippen LogP contribution is 2.26. The standard InChI is InChI=1S/C12H16BrClN2O/c1-7(2)10(15)6-12(17)16-11-5-8(14)3-4-9(11)13/h3-5,7,10H,6,15H2,1-2H3,(H,16,17). The third-order valence-electron chi connectivity index (χ3n) is 2.48. The van der Waals surface area contributed by atoms with Gasteiger partial charge in [0.2, 0.25) is 5.91 Å². The van der Waals surface area contributed by atoms with Crippen molar-refractivity contribution in [1.29, 1.82) is 0 Å². The molecule has 94 valence electrons. The molecule has 1 atom stereocenters. The molecule has 17 heavy (non-hydrogen) atoms. The number of hydrogen-bond donors (Lipinski definition) is 2. The summed E-state index contributed by atoms with van der Waals surface area (Å²) in [6.45, 7) is 3.99. The number of rotatable bonds is 4. The van der Waals surface area contributed by atoms with Gasteiger partial charge in [0.05, 0.1) is 5.69 Å². The van der Waals surface area contributed by atoms with Crippen LogP contribution in [0.2, 0.25) is 5.02 Å². The number of nitrogens with one attached hydrogen (secondary N) is 1. The molecule has 0 aliphatic heterocycles. The van der Waals surface area contributed by atoms with E-state index in [2.05, 4.69) is 21.2 Å². The number of halogens is 2. The van der Waals surface area contributed by atoms with Crippen LogP contribution in [0, 0.1) is 5.92 Å². The van der Waals surface area contributed by atoms with Crippen LogP contribution in [-0.2, 0) is 4.79 Å². The minimum absolute atomic E-state index is 0.103. The summed E-state index contributed by atoms with van der Waals surface area (Å²) in [5.41, 5.74) is 6.51. The van der Waals surface area contributed by atoms with Gasteiger partial charge >= 0.3 is 0 Å². The molecule has 0 heterocycles. The van der Waals surface area contributed by atoms with Crippen LogP contribution in [0.3, 0.4) is 0 Å². The first-order chi connectivity index (χ1) is 7.90. The summed E-state index contributed by atoms with van der Waals surface area (Å²) in [6.07, 6.45) is 0.302. The lowest BCUT2D eigenvalue weighted by Crippen LogP contribution is -2.31. The Kier molecular flexibility index (Phi) is 5.43. The first-order valence-corrected chi connectivity index (χ1v) is 6.57. The largest absolute Gasteiger partial charge is 0.327 e. The summed E-state index contributed by atoms with van der Waals surface area (Å²) in [6, 6.07) is 5.11. The Balaban J connectivity index is 2.65. The summed E-state index contributed by atoms with van der Waals surface area (Å²) >= 11 is 9.21. The second-order valence-electron chi connectivity index (χ2n) is 4.28. The zero-order valence-electron chi connectivity index (χ0n) is 9.84. The summed E-state index contributed by atoms with van der Waals surface area (Å²) < 4.78 is 0.799. The lowest BCUT2D eigenvalue weighted by molar-refractivity contribution is -0.116. The highest BCUT2D eigenvalue weighted by molar-refractivity contribution is 9.10. The average molecular weight is 320 g/mol. The molecule has 3 N–H and O–H groups in total. The van der Waals surface area contributed by atoms with E-state index in [0.29, 0.717) is 17.1 Å². The molecule has 0 fully saturated rings. The molecular weight excluding hydrogens is 304 g/mol. The average Bonchev–Trinajstić information content (AvgIpc) is 2.23. The van der Waals surface area contributed by atoms with E-state index in [4.69, 9.17) is 17.3 Å². The van der Waals surface area contributed by atoms with Crippen LogP contribution < -0.4 is 11.1 Å². The number of amides is 1. The molecule has 0 bridgehead atoms. The fourth-order valence-corrected chi connectivity index (χ4v) is 1.76. The summed E-state index contributed by atoms with van der Waals surface area (Å²) in [7, 11) is 0. The van der Waals surface area contributed by atoms with E-state index < -0.39 is 0 Å². The highest BCUT2D eigenvalue weighted by atomic mass is 79.9. The van der Waals surface area contributed by atoms with E-state index in [-0.39, 0.29) is 17.9 Å². The maximum atomic E-state index is 11.7. The van der Waals surface area contributed by atoms with Crippen LogP contribution in [0.1, 0.15) is 20.3 Å². The first-order valence-electron chi connectivity index (χ1n) is 5.40. The minimum atomic E-state index is -0.132. The predicted molar refractivity (Wildman–Crippen MR) is 75.2 cm³/mol. The Labute approximate surface area is 115 Å². The summed E-state index contributed by atoms with van der Waals surface area (Å²) in [5.74, 6) is 0.178. The molecule has 0 aliphatic rings. The van der Waals surface area contributed by atoms with Gasteiger partial charge < -0.3 is 11.1 Å². The van der Waals surface area contributed by atoms with Crippen molar-refractivity contribution < 1.29 is 4.79 Å². The lowest BCUT2D eigenvalue weighted by Gasteiger charge is -2.15. The predicted octanol–water partition coefficient (Wildman–Crippen LogP) is 3.41. The molecule has 0 radical (unpaired) electrons. The van der Waals surface area contributed by atoms with Gasteiger partial charge in [-0.25, -0.2) is 0 Å². The summed E-state index contributed by atoms with van der Waals surface area (Å²) in [5, 5.41) is 3.37. The van der Waals surface area contributed by atoms with Crippen LogP contribution in [0.15, 0.2) is 22.7 Å². The Morgan fingerprint density at radius 3 is 2.76 bits per heavy atom. The van der Waals surface area contributed by atoms with Crippen molar-refractivity contribution in [2.24, 2.45) is 11.7 Å². The van der Waals surface area contributed by atoms with E-state index in [1.165, 1.54) is 0 Å². The van der Waals surface area contributed by atoms with Gasteiger partial charge in [-0.3, -0.25) is 4.79 Å². The molecule has 1 amide bonds. The first kappa shape index (κ1) is 14.5. The number of benzene rings is 1. The zero-order valence-corrected chi connectivity index (χ0v) is 12.2. The van der Waals surface area contributed by atoms with Gasteiger partial charge in [0, 0.05) is 22.0 Å². The molecular formula is C12H16BrClN2O. The van der Waals surface area contributed by atoms with Crippen LogP contribution >= 0.6 is 27.5 Å². The second-order valence-corrected chi connectivity index (χ2v) is 5.58. The van der Waals surface area contributed by atoms with Gasteiger partial charge in [0.1, 0.15) is 0 Å². The van der Waals surface area contributed by atoms with Gasteiger partial charge in [0.15, 0.2) is 0 Å². The molecule has 5 heteroatoms. The Morgan fingerprint density at radius 1 is 1.53 bits per heavy atom. The van der Waals surface area contributed by atoms with Crippen LogP contribution in [0.25, 0.3) is 0 Å². The third-order valence-corrected chi connectivity index (χ3v) is 3.41. The van der Waals surface area contributed by atoms with Crippen LogP contribution in [-0.4, -0.2) is 11.9 Å². The molecule has 1 aromatic rings. The topological polar surface area (TPSA) is 55.1 Å². The monoisotopic (exact) mass is 318 g/mol.